The molecule has 0 saturated heterocycles. The Balaban J connectivity index is 1.77. The van der Waals surface area contributed by atoms with Crippen molar-refractivity contribution < 1.29 is 14.0 Å². The first-order chi connectivity index (χ1) is 11.4. The van der Waals surface area contributed by atoms with Crippen LogP contribution in [0.4, 0.5) is 10.1 Å². The molecule has 4 nitrogen and oxygen atoms in total. The number of hydrogen-bond donors (Lipinski definition) is 2. The fourth-order valence-electron chi connectivity index (χ4n) is 3.02. The summed E-state index contributed by atoms with van der Waals surface area (Å²) < 4.78 is 13.3. The Kier molecular flexibility index (Phi) is 4.34. The van der Waals surface area contributed by atoms with Gasteiger partial charge in [0.2, 0.25) is 11.8 Å². The van der Waals surface area contributed by atoms with Gasteiger partial charge in [-0.2, -0.15) is 0 Å². The van der Waals surface area contributed by atoms with E-state index in [1.54, 1.807) is 6.07 Å². The van der Waals surface area contributed by atoms with Crippen LogP contribution in [0.1, 0.15) is 34.6 Å². The molecule has 5 heteroatoms. The van der Waals surface area contributed by atoms with Gasteiger partial charge in [0.25, 0.3) is 0 Å². The minimum absolute atomic E-state index is 0.0668. The number of hydrogen-bond acceptors (Lipinski definition) is 2. The van der Waals surface area contributed by atoms with Crippen molar-refractivity contribution in [1.29, 1.82) is 0 Å². The maximum atomic E-state index is 13.3. The van der Waals surface area contributed by atoms with Crippen molar-refractivity contribution in [1.82, 2.24) is 5.32 Å². The van der Waals surface area contributed by atoms with Crippen LogP contribution in [-0.4, -0.2) is 11.8 Å². The second-order valence-corrected chi connectivity index (χ2v) is 6.18. The molecule has 2 N–H and O–H groups in total. The fourth-order valence-corrected chi connectivity index (χ4v) is 3.02. The molecule has 1 unspecified atom stereocenters. The van der Waals surface area contributed by atoms with E-state index in [9.17, 15) is 14.0 Å². The number of carbonyl (C=O) groups excluding carboxylic acids is 2. The summed E-state index contributed by atoms with van der Waals surface area (Å²) in [5.41, 5.74) is 4.34. The fraction of sp³-hybridized carbons (Fsp3) is 0.263. The van der Waals surface area contributed by atoms with E-state index in [4.69, 9.17) is 0 Å². The van der Waals surface area contributed by atoms with Gasteiger partial charge >= 0.3 is 0 Å². The predicted octanol–water partition coefficient (Wildman–Crippen LogP) is 3.18. The van der Waals surface area contributed by atoms with Crippen molar-refractivity contribution in [2.45, 2.75) is 32.7 Å². The lowest BCUT2D eigenvalue weighted by Crippen LogP contribution is -2.34. The van der Waals surface area contributed by atoms with Crippen LogP contribution in [0.2, 0.25) is 0 Å². The van der Waals surface area contributed by atoms with Gasteiger partial charge in [-0.25, -0.2) is 4.39 Å². The highest BCUT2D eigenvalue weighted by Crippen LogP contribution is 2.32. The summed E-state index contributed by atoms with van der Waals surface area (Å²) in [7, 11) is 0. The first-order valence-electron chi connectivity index (χ1n) is 7.87. The average Bonchev–Trinajstić information content (AvgIpc) is 2.52. The van der Waals surface area contributed by atoms with E-state index in [2.05, 4.69) is 16.7 Å². The number of amides is 2. The third-order valence-corrected chi connectivity index (χ3v) is 4.32. The predicted molar refractivity (Wildman–Crippen MR) is 90.2 cm³/mol. The summed E-state index contributed by atoms with van der Waals surface area (Å²) in [6, 6.07) is 10.2. The van der Waals surface area contributed by atoms with Gasteiger partial charge in [-0.15, -0.1) is 0 Å². The highest BCUT2D eigenvalue weighted by atomic mass is 19.1. The third kappa shape index (κ3) is 3.30. The number of anilines is 1. The molecule has 0 aromatic heterocycles. The Morgan fingerprint density at radius 2 is 2.04 bits per heavy atom. The minimum Gasteiger partial charge on any atom is -0.351 e. The molecule has 2 amide bonds. The molecular formula is C19H19FN2O2. The van der Waals surface area contributed by atoms with Gasteiger partial charge in [0, 0.05) is 18.7 Å². The molecule has 124 valence electrons. The van der Waals surface area contributed by atoms with Crippen LogP contribution < -0.4 is 10.6 Å². The van der Waals surface area contributed by atoms with E-state index in [0.717, 1.165) is 11.1 Å². The summed E-state index contributed by atoms with van der Waals surface area (Å²) in [6.07, 6.45) is 0.0668. The van der Waals surface area contributed by atoms with Crippen molar-refractivity contribution >= 4 is 17.5 Å². The smallest absolute Gasteiger partial charge is 0.228 e. The van der Waals surface area contributed by atoms with Crippen molar-refractivity contribution in [2.75, 3.05) is 5.32 Å². The van der Waals surface area contributed by atoms with Crippen molar-refractivity contribution in [3.05, 3.63) is 64.5 Å². The quantitative estimate of drug-likeness (QED) is 0.910. The topological polar surface area (TPSA) is 58.2 Å². The SMILES string of the molecule is Cc1ccc(CNC(=O)C2CC(=O)Nc3cc(F)ccc32)c(C)c1. The number of benzene rings is 2. The first-order valence-corrected chi connectivity index (χ1v) is 7.87. The Hall–Kier alpha value is -2.69. The molecule has 1 aliphatic heterocycles. The van der Waals surface area contributed by atoms with Gasteiger partial charge in [0.1, 0.15) is 5.82 Å². The zero-order chi connectivity index (χ0) is 17.3. The minimum atomic E-state index is -0.597. The third-order valence-electron chi connectivity index (χ3n) is 4.32. The summed E-state index contributed by atoms with van der Waals surface area (Å²) >= 11 is 0. The second-order valence-electron chi connectivity index (χ2n) is 6.18. The molecule has 1 aliphatic rings. The van der Waals surface area contributed by atoms with Crippen molar-refractivity contribution in [3.8, 4) is 0 Å². The highest BCUT2D eigenvalue weighted by molar-refractivity contribution is 6.01. The molecule has 0 aliphatic carbocycles. The van der Waals surface area contributed by atoms with E-state index in [1.807, 2.05) is 26.0 Å². The normalized spacial score (nSPS) is 16.3. The van der Waals surface area contributed by atoms with Crippen LogP contribution in [0.15, 0.2) is 36.4 Å². The van der Waals surface area contributed by atoms with E-state index < -0.39 is 11.7 Å². The van der Waals surface area contributed by atoms with Gasteiger partial charge < -0.3 is 10.6 Å². The molecule has 0 saturated carbocycles. The summed E-state index contributed by atoms with van der Waals surface area (Å²) in [6.45, 7) is 4.42. The summed E-state index contributed by atoms with van der Waals surface area (Å²) in [5.74, 6) is -1.54. The van der Waals surface area contributed by atoms with Crippen LogP contribution in [-0.2, 0) is 16.1 Å². The first kappa shape index (κ1) is 16.2. The van der Waals surface area contributed by atoms with Gasteiger partial charge in [0.05, 0.1) is 5.92 Å². The lowest BCUT2D eigenvalue weighted by Gasteiger charge is -2.25. The Morgan fingerprint density at radius 1 is 1.25 bits per heavy atom. The lowest BCUT2D eigenvalue weighted by molar-refractivity contribution is -0.126. The van der Waals surface area contributed by atoms with Gasteiger partial charge in [0.15, 0.2) is 0 Å². The van der Waals surface area contributed by atoms with Gasteiger partial charge in [-0.1, -0.05) is 29.8 Å². The summed E-state index contributed by atoms with van der Waals surface area (Å²) in [4.78, 5) is 24.4. The number of nitrogens with one attached hydrogen (secondary N) is 2. The van der Waals surface area contributed by atoms with Crippen molar-refractivity contribution in [3.63, 3.8) is 0 Å². The lowest BCUT2D eigenvalue weighted by atomic mass is 9.89. The monoisotopic (exact) mass is 326 g/mol. The molecule has 24 heavy (non-hydrogen) atoms. The number of halogens is 1. The standard InChI is InChI=1S/C19H19FN2O2/c1-11-3-4-13(12(2)7-11)10-21-19(24)16-9-18(23)22-17-8-14(20)5-6-15(16)17/h3-8,16H,9-10H2,1-2H3,(H,21,24)(H,22,23). The van der Waals surface area contributed by atoms with E-state index in [-0.39, 0.29) is 18.2 Å². The zero-order valence-corrected chi connectivity index (χ0v) is 13.7. The Morgan fingerprint density at radius 3 is 2.79 bits per heavy atom. The molecular weight excluding hydrogens is 307 g/mol. The maximum absolute atomic E-state index is 13.3. The van der Waals surface area contributed by atoms with Gasteiger partial charge in [-0.05, 0) is 42.7 Å². The maximum Gasteiger partial charge on any atom is 0.228 e. The number of fused-ring (bicyclic) bond motifs is 1. The average molecular weight is 326 g/mol. The van der Waals surface area contributed by atoms with E-state index >= 15 is 0 Å². The number of rotatable bonds is 3. The van der Waals surface area contributed by atoms with Crippen LogP contribution in [0, 0.1) is 19.7 Å². The summed E-state index contributed by atoms with van der Waals surface area (Å²) in [5, 5.41) is 5.51. The molecule has 1 atom stereocenters. The van der Waals surface area contributed by atoms with Crippen LogP contribution >= 0.6 is 0 Å². The second kappa shape index (κ2) is 6.43. The largest absolute Gasteiger partial charge is 0.351 e. The Labute approximate surface area is 140 Å². The number of carbonyl (C=O) groups is 2. The van der Waals surface area contributed by atoms with E-state index in [1.165, 1.54) is 17.7 Å². The van der Waals surface area contributed by atoms with Crippen molar-refractivity contribution in [2.24, 2.45) is 0 Å². The molecule has 1 heterocycles. The Bertz CT molecular complexity index is 817. The molecule has 0 fully saturated rings. The highest BCUT2D eigenvalue weighted by Gasteiger charge is 2.30. The van der Waals surface area contributed by atoms with Crippen LogP contribution in [0.25, 0.3) is 0 Å². The van der Waals surface area contributed by atoms with Gasteiger partial charge in [-0.3, -0.25) is 9.59 Å². The molecule has 2 aromatic rings. The number of aryl methyl sites for hydroxylation is 2. The molecule has 0 bridgehead atoms. The molecule has 3 rings (SSSR count). The molecule has 2 aromatic carbocycles. The van der Waals surface area contributed by atoms with Crippen LogP contribution in [0.3, 0.4) is 0 Å². The molecule has 0 radical (unpaired) electrons. The van der Waals surface area contributed by atoms with Crippen LogP contribution in [0.5, 0.6) is 0 Å². The zero-order valence-electron chi connectivity index (χ0n) is 13.7. The molecule has 0 spiro atoms. The van der Waals surface area contributed by atoms with E-state index in [0.29, 0.717) is 17.8 Å².